The zero-order valence-electron chi connectivity index (χ0n) is 8.36. The first-order chi connectivity index (χ1) is 7.68. The third kappa shape index (κ3) is 2.40. The summed E-state index contributed by atoms with van der Waals surface area (Å²) in [5, 5.41) is 0.133. The summed E-state index contributed by atoms with van der Waals surface area (Å²) in [7, 11) is 0. The van der Waals surface area contributed by atoms with E-state index in [4.69, 9.17) is 17.3 Å². The van der Waals surface area contributed by atoms with Gasteiger partial charge in [0.2, 0.25) is 0 Å². The number of nitrogens with two attached hydrogens (primary N) is 1. The molecule has 1 unspecified atom stereocenters. The van der Waals surface area contributed by atoms with Crippen molar-refractivity contribution < 1.29 is 4.39 Å². The first-order valence-corrected chi connectivity index (χ1v) is 6.01. The summed E-state index contributed by atoms with van der Waals surface area (Å²) >= 11 is 7.17. The number of rotatable bonds is 3. The van der Waals surface area contributed by atoms with E-state index >= 15 is 0 Å². The van der Waals surface area contributed by atoms with Crippen molar-refractivity contribution in [2.24, 2.45) is 5.73 Å². The summed E-state index contributed by atoms with van der Waals surface area (Å²) in [5.74, 6) is -0.385. The average molecular weight is 257 g/mol. The molecule has 0 fully saturated rings. The summed E-state index contributed by atoms with van der Waals surface area (Å²) in [6, 6.07) is 4.71. The fraction of sp³-hybridized carbons (Fsp3) is 0.182. The van der Waals surface area contributed by atoms with Crippen LogP contribution in [0.15, 0.2) is 29.9 Å². The molecule has 5 heteroatoms. The zero-order valence-corrected chi connectivity index (χ0v) is 9.93. The molecule has 1 atom stereocenters. The van der Waals surface area contributed by atoms with E-state index in [1.807, 2.05) is 0 Å². The second-order valence-corrected chi connectivity index (χ2v) is 4.75. The van der Waals surface area contributed by atoms with Crippen LogP contribution in [-0.2, 0) is 6.42 Å². The molecular formula is C11H10ClFN2S. The molecule has 0 aliphatic carbocycles. The van der Waals surface area contributed by atoms with Crippen LogP contribution < -0.4 is 5.73 Å². The van der Waals surface area contributed by atoms with Crippen molar-refractivity contribution >= 4 is 22.9 Å². The molecule has 84 valence electrons. The second kappa shape index (κ2) is 4.91. The fourth-order valence-electron chi connectivity index (χ4n) is 1.45. The molecule has 0 saturated carbocycles. The normalized spacial score (nSPS) is 12.7. The predicted octanol–water partition coefficient (Wildman–Crippen LogP) is 3.18. The van der Waals surface area contributed by atoms with E-state index < -0.39 is 0 Å². The minimum Gasteiger partial charge on any atom is -0.323 e. The van der Waals surface area contributed by atoms with Crippen LogP contribution in [0.1, 0.15) is 16.5 Å². The van der Waals surface area contributed by atoms with E-state index in [2.05, 4.69) is 4.98 Å². The van der Waals surface area contributed by atoms with Gasteiger partial charge in [0.1, 0.15) is 5.82 Å². The number of benzene rings is 1. The Balaban J connectivity index is 2.18. The van der Waals surface area contributed by atoms with E-state index in [-0.39, 0.29) is 16.9 Å². The summed E-state index contributed by atoms with van der Waals surface area (Å²) in [6.07, 6.45) is 2.13. The van der Waals surface area contributed by atoms with Crippen LogP contribution in [0.2, 0.25) is 5.02 Å². The molecule has 1 aromatic carbocycles. The lowest BCUT2D eigenvalue weighted by atomic mass is 10.1. The Labute approximate surface area is 102 Å². The van der Waals surface area contributed by atoms with Gasteiger partial charge >= 0.3 is 0 Å². The van der Waals surface area contributed by atoms with Crippen molar-refractivity contribution in [3.05, 3.63) is 51.2 Å². The molecule has 0 amide bonds. The Morgan fingerprint density at radius 3 is 3.00 bits per heavy atom. The van der Waals surface area contributed by atoms with Crippen LogP contribution in [0.25, 0.3) is 0 Å². The molecule has 0 spiro atoms. The van der Waals surface area contributed by atoms with Gasteiger partial charge in [-0.25, -0.2) is 4.39 Å². The van der Waals surface area contributed by atoms with Crippen molar-refractivity contribution in [1.29, 1.82) is 0 Å². The summed E-state index contributed by atoms with van der Waals surface area (Å²) in [6.45, 7) is 0. The Morgan fingerprint density at radius 2 is 2.31 bits per heavy atom. The topological polar surface area (TPSA) is 38.9 Å². The number of aromatic nitrogens is 1. The van der Waals surface area contributed by atoms with Crippen molar-refractivity contribution in [3.8, 4) is 0 Å². The summed E-state index contributed by atoms with van der Waals surface area (Å²) in [4.78, 5) is 4.89. The fourth-order valence-corrected chi connectivity index (χ4v) is 2.27. The molecule has 0 aliphatic heterocycles. The van der Waals surface area contributed by atoms with Crippen LogP contribution in [-0.4, -0.2) is 4.98 Å². The Kier molecular flexibility index (Phi) is 3.53. The first-order valence-electron chi connectivity index (χ1n) is 4.75. The number of halogens is 2. The van der Waals surface area contributed by atoms with Crippen LogP contribution in [0.4, 0.5) is 4.39 Å². The largest absolute Gasteiger partial charge is 0.323 e. The molecule has 1 heterocycles. The third-order valence-electron chi connectivity index (χ3n) is 2.29. The number of nitrogens with zero attached hydrogens (tertiary/aromatic N) is 1. The number of hydrogen-bond acceptors (Lipinski definition) is 3. The first kappa shape index (κ1) is 11.5. The predicted molar refractivity (Wildman–Crippen MR) is 64.2 cm³/mol. The number of thiazole rings is 1. The van der Waals surface area contributed by atoms with Gasteiger partial charge in [-0.3, -0.25) is 4.98 Å². The van der Waals surface area contributed by atoms with E-state index in [9.17, 15) is 4.39 Å². The molecule has 0 saturated heterocycles. The highest BCUT2D eigenvalue weighted by Gasteiger charge is 2.13. The maximum Gasteiger partial charge on any atom is 0.145 e. The lowest BCUT2D eigenvalue weighted by Crippen LogP contribution is -2.12. The zero-order chi connectivity index (χ0) is 11.5. The van der Waals surface area contributed by atoms with Gasteiger partial charge in [-0.1, -0.05) is 23.7 Å². The van der Waals surface area contributed by atoms with Gasteiger partial charge in [0.25, 0.3) is 0 Å². The van der Waals surface area contributed by atoms with Crippen molar-refractivity contribution in [1.82, 2.24) is 4.98 Å². The number of hydrogen-bond donors (Lipinski definition) is 1. The molecule has 1 aromatic heterocycles. The van der Waals surface area contributed by atoms with Crippen molar-refractivity contribution in [2.45, 2.75) is 12.5 Å². The minimum atomic E-state index is -0.385. The van der Waals surface area contributed by atoms with E-state index in [0.29, 0.717) is 12.0 Å². The van der Waals surface area contributed by atoms with Crippen LogP contribution >= 0.6 is 22.9 Å². The summed E-state index contributed by atoms with van der Waals surface area (Å²) in [5.41, 5.74) is 8.20. The molecule has 2 nitrogen and oxygen atoms in total. The monoisotopic (exact) mass is 256 g/mol. The standard InChI is InChI=1S/C11H10ClFN2S/c12-8-3-1-2-7(11(8)13)4-9(14)10-5-15-6-16-10/h1-3,5-6,9H,4,14H2. The van der Waals surface area contributed by atoms with Gasteiger partial charge in [0, 0.05) is 17.1 Å². The molecule has 0 radical (unpaired) electrons. The molecular weight excluding hydrogens is 247 g/mol. The van der Waals surface area contributed by atoms with E-state index in [0.717, 1.165) is 4.88 Å². The van der Waals surface area contributed by atoms with Crippen molar-refractivity contribution in [2.75, 3.05) is 0 Å². The van der Waals surface area contributed by atoms with Crippen LogP contribution in [0.5, 0.6) is 0 Å². The van der Waals surface area contributed by atoms with Gasteiger partial charge in [-0.15, -0.1) is 11.3 Å². The van der Waals surface area contributed by atoms with Gasteiger partial charge in [0.15, 0.2) is 0 Å². The van der Waals surface area contributed by atoms with Gasteiger partial charge in [-0.05, 0) is 18.1 Å². The lowest BCUT2D eigenvalue weighted by Gasteiger charge is -2.10. The van der Waals surface area contributed by atoms with Crippen molar-refractivity contribution in [3.63, 3.8) is 0 Å². The SMILES string of the molecule is NC(Cc1cccc(Cl)c1F)c1cncs1. The highest BCUT2D eigenvalue weighted by molar-refractivity contribution is 7.09. The Bertz CT molecular complexity index is 473. The van der Waals surface area contributed by atoms with Gasteiger partial charge < -0.3 is 5.73 Å². The smallest absolute Gasteiger partial charge is 0.145 e. The molecule has 2 rings (SSSR count). The van der Waals surface area contributed by atoms with E-state index in [1.165, 1.54) is 17.4 Å². The minimum absolute atomic E-state index is 0.133. The Morgan fingerprint density at radius 1 is 1.50 bits per heavy atom. The van der Waals surface area contributed by atoms with Crippen LogP contribution in [0.3, 0.4) is 0 Å². The molecule has 2 N–H and O–H groups in total. The molecule has 2 aromatic rings. The molecule has 0 aliphatic rings. The lowest BCUT2D eigenvalue weighted by molar-refractivity contribution is 0.595. The van der Waals surface area contributed by atoms with Gasteiger partial charge in [0.05, 0.1) is 10.5 Å². The summed E-state index contributed by atoms with van der Waals surface area (Å²) < 4.78 is 13.6. The molecule has 16 heavy (non-hydrogen) atoms. The third-order valence-corrected chi connectivity index (χ3v) is 3.49. The quantitative estimate of drug-likeness (QED) is 0.916. The maximum atomic E-state index is 13.6. The average Bonchev–Trinajstić information content (AvgIpc) is 2.78. The molecule has 0 bridgehead atoms. The maximum absolute atomic E-state index is 13.6. The second-order valence-electron chi connectivity index (χ2n) is 3.43. The highest BCUT2D eigenvalue weighted by atomic mass is 35.5. The van der Waals surface area contributed by atoms with Gasteiger partial charge in [-0.2, -0.15) is 0 Å². The highest BCUT2D eigenvalue weighted by Crippen LogP contribution is 2.24. The van der Waals surface area contributed by atoms with E-state index in [1.54, 1.807) is 23.8 Å². The van der Waals surface area contributed by atoms with Crippen LogP contribution in [0, 0.1) is 5.82 Å². The Hall–Kier alpha value is -0.970.